The first-order valence-corrected chi connectivity index (χ1v) is 15.7. The number of nitrogens with zero attached hydrogens (tertiary/aromatic N) is 1. The Labute approximate surface area is 274 Å². The van der Waals surface area contributed by atoms with Crippen molar-refractivity contribution in [3.63, 3.8) is 0 Å². The van der Waals surface area contributed by atoms with Crippen LogP contribution in [0.3, 0.4) is 0 Å². The third kappa shape index (κ3) is 10.4. The van der Waals surface area contributed by atoms with Gasteiger partial charge in [-0.1, -0.05) is 62.4 Å². The van der Waals surface area contributed by atoms with E-state index < -0.39 is 60.1 Å². The zero-order valence-corrected chi connectivity index (χ0v) is 26.8. The monoisotopic (exact) mass is 642 g/mol. The predicted octanol–water partition coefficient (Wildman–Crippen LogP) is 1.69. The lowest BCUT2D eigenvalue weighted by Crippen LogP contribution is -2.57. The number of para-hydroxylation sites is 1. The molecule has 0 bridgehead atoms. The van der Waals surface area contributed by atoms with Gasteiger partial charge in [0.1, 0.15) is 30.5 Å². The van der Waals surface area contributed by atoms with Crippen molar-refractivity contribution < 1.29 is 28.7 Å². The summed E-state index contributed by atoms with van der Waals surface area (Å²) in [5.74, 6) is -2.84. The molecule has 0 saturated heterocycles. The standard InChI is InChI=1S/C35H42N6O6/c1-22(2)31-35(46)38-23(3)21-47-29-15-8-7-14-26(29)32(43)40-28(33(44)37-18-16-25-13-9-10-17-36-25)20-30(42)39-27(34(45)41-31)19-24-11-5-4-6-12-24/h4-15,17,22-23,27-28,31H,16,18-21H2,1-3H3,(H,37,44)(H,38,46)(H,39,42)(H,40,43)(H,41,45)/t23-,27-,28-,31+/m0/s1. The number of rotatable bonds is 7. The van der Waals surface area contributed by atoms with Crippen molar-refractivity contribution in [2.45, 2.75) is 64.2 Å². The third-order valence-electron chi connectivity index (χ3n) is 7.61. The molecule has 0 aliphatic carbocycles. The lowest BCUT2D eigenvalue weighted by atomic mass is 10.0. The van der Waals surface area contributed by atoms with Crippen molar-refractivity contribution in [1.29, 1.82) is 0 Å². The van der Waals surface area contributed by atoms with Gasteiger partial charge in [0.05, 0.1) is 18.0 Å². The molecule has 1 aliphatic rings. The van der Waals surface area contributed by atoms with Crippen molar-refractivity contribution in [3.8, 4) is 5.75 Å². The summed E-state index contributed by atoms with van der Waals surface area (Å²) in [4.78, 5) is 71.7. The molecule has 3 aromatic rings. The molecule has 12 heteroatoms. The summed E-state index contributed by atoms with van der Waals surface area (Å²) in [5, 5.41) is 13.9. The summed E-state index contributed by atoms with van der Waals surface area (Å²) < 4.78 is 5.93. The molecule has 0 radical (unpaired) electrons. The molecule has 1 aliphatic heterocycles. The smallest absolute Gasteiger partial charge is 0.255 e. The summed E-state index contributed by atoms with van der Waals surface area (Å²) in [5.41, 5.74) is 1.70. The van der Waals surface area contributed by atoms with E-state index in [0.29, 0.717) is 6.42 Å². The van der Waals surface area contributed by atoms with E-state index in [1.807, 2.05) is 56.3 Å². The normalized spacial score (nSPS) is 21.2. The van der Waals surface area contributed by atoms with Crippen LogP contribution >= 0.6 is 0 Å². The number of benzene rings is 2. The molecule has 248 valence electrons. The average Bonchev–Trinajstić information content (AvgIpc) is 3.06. The van der Waals surface area contributed by atoms with Gasteiger partial charge in [-0.15, -0.1) is 0 Å². The van der Waals surface area contributed by atoms with Crippen molar-refractivity contribution in [2.24, 2.45) is 5.92 Å². The van der Waals surface area contributed by atoms with Crippen molar-refractivity contribution in [3.05, 3.63) is 95.8 Å². The first-order valence-electron chi connectivity index (χ1n) is 15.7. The Hall–Kier alpha value is -5.26. The largest absolute Gasteiger partial charge is 0.491 e. The van der Waals surface area contributed by atoms with Gasteiger partial charge in [-0.25, -0.2) is 0 Å². The fourth-order valence-electron chi connectivity index (χ4n) is 5.08. The van der Waals surface area contributed by atoms with Gasteiger partial charge in [0.2, 0.25) is 23.6 Å². The van der Waals surface area contributed by atoms with Crippen LogP contribution in [0.25, 0.3) is 0 Å². The van der Waals surface area contributed by atoms with E-state index in [-0.39, 0.29) is 36.8 Å². The number of carbonyl (C=O) groups is 5. The number of hydrogen-bond donors (Lipinski definition) is 5. The predicted molar refractivity (Wildman–Crippen MR) is 175 cm³/mol. The zero-order valence-electron chi connectivity index (χ0n) is 26.8. The third-order valence-corrected chi connectivity index (χ3v) is 7.61. The number of amides is 5. The molecule has 4 rings (SSSR count). The van der Waals surface area contributed by atoms with Crippen LogP contribution in [0.4, 0.5) is 0 Å². The van der Waals surface area contributed by atoms with Crippen LogP contribution in [-0.2, 0) is 32.0 Å². The molecule has 12 nitrogen and oxygen atoms in total. The topological polar surface area (TPSA) is 168 Å². The van der Waals surface area contributed by atoms with Crippen LogP contribution in [0.2, 0.25) is 0 Å². The van der Waals surface area contributed by atoms with Crippen LogP contribution in [-0.4, -0.2) is 71.8 Å². The van der Waals surface area contributed by atoms with Crippen LogP contribution < -0.4 is 31.3 Å². The highest BCUT2D eigenvalue weighted by atomic mass is 16.5. The lowest BCUT2D eigenvalue weighted by molar-refractivity contribution is -0.133. The zero-order chi connectivity index (χ0) is 33.8. The number of ether oxygens (including phenoxy) is 1. The fraction of sp³-hybridized carbons (Fsp3) is 0.371. The van der Waals surface area contributed by atoms with E-state index in [1.54, 1.807) is 43.5 Å². The summed E-state index contributed by atoms with van der Waals surface area (Å²) in [6, 6.07) is 17.4. The number of fused-ring (bicyclic) bond motifs is 1. The minimum absolute atomic E-state index is 0.0307. The molecule has 4 atom stereocenters. The van der Waals surface area contributed by atoms with Crippen LogP contribution in [0, 0.1) is 5.92 Å². The fourth-order valence-corrected chi connectivity index (χ4v) is 5.08. The van der Waals surface area contributed by atoms with Gasteiger partial charge in [0.15, 0.2) is 0 Å². The Kier molecular flexibility index (Phi) is 12.4. The van der Waals surface area contributed by atoms with Gasteiger partial charge in [0, 0.05) is 31.3 Å². The number of carbonyl (C=O) groups excluding carboxylic acids is 5. The molecular weight excluding hydrogens is 600 g/mol. The highest BCUT2D eigenvalue weighted by Crippen LogP contribution is 2.19. The number of aromatic nitrogens is 1. The second-order valence-corrected chi connectivity index (χ2v) is 11.8. The molecule has 0 spiro atoms. The van der Waals surface area contributed by atoms with Gasteiger partial charge >= 0.3 is 0 Å². The summed E-state index contributed by atoms with van der Waals surface area (Å²) in [6.45, 7) is 5.62. The quantitative estimate of drug-likeness (QED) is 0.261. The second-order valence-electron chi connectivity index (χ2n) is 11.8. The van der Waals surface area contributed by atoms with Gasteiger partial charge in [0.25, 0.3) is 5.91 Å². The summed E-state index contributed by atoms with van der Waals surface area (Å²) in [6.07, 6.45) is 1.78. The molecule has 0 saturated carbocycles. The number of nitrogens with one attached hydrogen (secondary N) is 5. The Morgan fingerprint density at radius 1 is 0.894 bits per heavy atom. The Morgan fingerprint density at radius 2 is 1.62 bits per heavy atom. The molecule has 0 fully saturated rings. The first-order chi connectivity index (χ1) is 22.6. The van der Waals surface area contributed by atoms with E-state index >= 15 is 0 Å². The molecule has 0 unspecified atom stereocenters. The maximum atomic E-state index is 13.7. The summed E-state index contributed by atoms with van der Waals surface area (Å²) in [7, 11) is 0. The maximum Gasteiger partial charge on any atom is 0.255 e. The number of hydrogen-bond acceptors (Lipinski definition) is 7. The SMILES string of the molecule is CC(C)[C@H]1NC(=O)[C@H](Cc2ccccc2)NC(=O)C[C@@H](C(=O)NCCc2ccccn2)NC(=O)c2ccccc2OC[C@H](C)NC1=O. The van der Waals surface area contributed by atoms with Crippen molar-refractivity contribution in [2.75, 3.05) is 13.2 Å². The highest BCUT2D eigenvalue weighted by molar-refractivity contribution is 6.01. The van der Waals surface area contributed by atoms with Gasteiger partial charge in [-0.3, -0.25) is 29.0 Å². The lowest BCUT2D eigenvalue weighted by Gasteiger charge is -2.27. The molecule has 1 aromatic heterocycles. The first kappa shape index (κ1) is 34.6. The van der Waals surface area contributed by atoms with E-state index in [1.165, 1.54) is 0 Å². The Balaban J connectivity index is 1.63. The molecule has 5 amide bonds. The average molecular weight is 643 g/mol. The molecule has 5 N–H and O–H groups in total. The van der Waals surface area contributed by atoms with Crippen LogP contribution in [0.15, 0.2) is 79.0 Å². The second kappa shape index (κ2) is 16.9. The minimum Gasteiger partial charge on any atom is -0.491 e. The van der Waals surface area contributed by atoms with Crippen molar-refractivity contribution >= 4 is 29.5 Å². The van der Waals surface area contributed by atoms with E-state index in [9.17, 15) is 24.0 Å². The molecule has 2 aromatic carbocycles. The Bertz CT molecular complexity index is 1530. The van der Waals surface area contributed by atoms with Crippen LogP contribution in [0.1, 0.15) is 48.8 Å². The maximum absolute atomic E-state index is 13.7. The Morgan fingerprint density at radius 3 is 2.34 bits per heavy atom. The molecule has 2 heterocycles. The van der Waals surface area contributed by atoms with Gasteiger partial charge in [-0.05, 0) is 42.7 Å². The summed E-state index contributed by atoms with van der Waals surface area (Å²) >= 11 is 0. The van der Waals surface area contributed by atoms with E-state index in [4.69, 9.17) is 4.74 Å². The molecular formula is C35H42N6O6. The van der Waals surface area contributed by atoms with Gasteiger partial charge in [-0.2, -0.15) is 0 Å². The van der Waals surface area contributed by atoms with E-state index in [0.717, 1.165) is 11.3 Å². The van der Waals surface area contributed by atoms with Gasteiger partial charge < -0.3 is 31.3 Å². The van der Waals surface area contributed by atoms with Crippen molar-refractivity contribution in [1.82, 2.24) is 31.6 Å². The van der Waals surface area contributed by atoms with E-state index in [2.05, 4.69) is 31.6 Å². The number of pyridine rings is 1. The minimum atomic E-state index is -1.28. The molecule has 47 heavy (non-hydrogen) atoms. The highest BCUT2D eigenvalue weighted by Gasteiger charge is 2.32. The van der Waals surface area contributed by atoms with Crippen LogP contribution in [0.5, 0.6) is 5.75 Å².